The summed E-state index contributed by atoms with van der Waals surface area (Å²) in [7, 11) is 0. The molecule has 0 unspecified atom stereocenters. The molecule has 4 rings (SSSR count). The molecule has 3 heterocycles. The molecule has 108 valence electrons. The van der Waals surface area contributed by atoms with Gasteiger partial charge in [-0.3, -0.25) is 4.40 Å². The number of hydrogen-bond donors (Lipinski definition) is 0. The molecule has 22 heavy (non-hydrogen) atoms. The zero-order valence-electron chi connectivity index (χ0n) is 11.5. The van der Waals surface area contributed by atoms with Gasteiger partial charge in [0.25, 0.3) is 0 Å². The Balaban J connectivity index is 2.21. The highest BCUT2D eigenvalue weighted by molar-refractivity contribution is 6.39. The first-order chi connectivity index (χ1) is 10.7. The summed E-state index contributed by atoms with van der Waals surface area (Å²) in [6.45, 7) is 1.88. The Kier molecular flexibility index (Phi) is 2.99. The molecule has 0 saturated heterocycles. The van der Waals surface area contributed by atoms with Gasteiger partial charge in [-0.15, -0.1) is 10.2 Å². The van der Waals surface area contributed by atoms with Crippen molar-refractivity contribution in [2.24, 2.45) is 0 Å². The summed E-state index contributed by atoms with van der Waals surface area (Å²) in [6.07, 6.45) is 1.71. The van der Waals surface area contributed by atoms with Crippen molar-refractivity contribution in [3.63, 3.8) is 0 Å². The van der Waals surface area contributed by atoms with Crippen molar-refractivity contribution in [3.05, 3.63) is 52.3 Å². The normalized spacial score (nSPS) is 11.4. The maximum atomic E-state index is 6.31. The minimum atomic E-state index is 0.514. The Morgan fingerprint density at radius 2 is 1.73 bits per heavy atom. The van der Waals surface area contributed by atoms with Crippen LogP contribution in [0, 0.1) is 6.92 Å². The zero-order chi connectivity index (χ0) is 15.3. The number of fused-ring (bicyclic) bond motifs is 3. The molecule has 0 fully saturated rings. The van der Waals surface area contributed by atoms with Crippen molar-refractivity contribution in [2.45, 2.75) is 6.92 Å². The third-order valence-electron chi connectivity index (χ3n) is 3.44. The second-order valence-electron chi connectivity index (χ2n) is 4.82. The molecule has 0 aliphatic carbocycles. The number of hydrogen-bond acceptors (Lipinski definition) is 4. The molecule has 4 aromatic rings. The molecule has 0 spiro atoms. The van der Waals surface area contributed by atoms with Gasteiger partial charge in [-0.2, -0.15) is 0 Å². The fraction of sp³-hybridized carbons (Fsp3) is 0.0667. The van der Waals surface area contributed by atoms with Gasteiger partial charge in [0, 0.05) is 6.20 Å². The summed E-state index contributed by atoms with van der Waals surface area (Å²) < 4.78 is 1.84. The minimum absolute atomic E-state index is 0.514. The summed E-state index contributed by atoms with van der Waals surface area (Å²) in [5, 5.41) is 9.51. The van der Waals surface area contributed by atoms with Gasteiger partial charge < -0.3 is 0 Å². The number of benzene rings is 1. The maximum Gasteiger partial charge on any atom is 0.184 e. The molecule has 3 aromatic heterocycles. The zero-order valence-corrected chi connectivity index (χ0v) is 13.0. The Morgan fingerprint density at radius 1 is 0.955 bits per heavy atom. The average molecular weight is 330 g/mol. The Hall–Kier alpha value is -2.24. The van der Waals surface area contributed by atoms with Crippen molar-refractivity contribution >= 4 is 40.0 Å². The highest BCUT2D eigenvalue weighted by Crippen LogP contribution is 2.34. The number of pyridine rings is 1. The van der Waals surface area contributed by atoms with Gasteiger partial charge in [0.1, 0.15) is 5.52 Å². The number of nitrogens with zero attached hydrogens (tertiary/aromatic N) is 5. The molecule has 1 aromatic carbocycles. The van der Waals surface area contributed by atoms with Crippen molar-refractivity contribution in [1.82, 2.24) is 24.6 Å². The lowest BCUT2D eigenvalue weighted by molar-refractivity contribution is 1.11. The number of halogens is 2. The highest BCUT2D eigenvalue weighted by atomic mass is 35.5. The van der Waals surface area contributed by atoms with E-state index in [2.05, 4.69) is 20.2 Å². The van der Waals surface area contributed by atoms with E-state index in [4.69, 9.17) is 23.2 Å². The van der Waals surface area contributed by atoms with Gasteiger partial charge in [-0.1, -0.05) is 29.3 Å². The van der Waals surface area contributed by atoms with E-state index < -0.39 is 0 Å². The van der Waals surface area contributed by atoms with Gasteiger partial charge in [0.15, 0.2) is 17.1 Å². The maximum absolute atomic E-state index is 6.31. The van der Waals surface area contributed by atoms with E-state index in [9.17, 15) is 0 Å². The summed E-state index contributed by atoms with van der Waals surface area (Å²) in [4.78, 5) is 8.91. The number of aromatic nitrogens is 5. The molecular formula is C15H9Cl2N5. The van der Waals surface area contributed by atoms with E-state index in [0.717, 1.165) is 11.2 Å². The molecule has 0 N–H and O–H groups in total. The van der Waals surface area contributed by atoms with Gasteiger partial charge >= 0.3 is 0 Å². The topological polar surface area (TPSA) is 56.0 Å². The van der Waals surface area contributed by atoms with Crippen LogP contribution in [0.1, 0.15) is 5.69 Å². The molecule has 0 aliphatic heterocycles. The second-order valence-corrected chi connectivity index (χ2v) is 5.64. The van der Waals surface area contributed by atoms with Crippen molar-refractivity contribution in [3.8, 4) is 11.4 Å². The molecule has 0 amide bonds. The standard InChI is InChI=1S/C15H9Cl2N5/c1-8-13-20-21-15(12-9(16)4-2-5-10(12)17)22(13)14-11(19-8)6-3-7-18-14/h2-7H,1H3. The third kappa shape index (κ3) is 1.86. The van der Waals surface area contributed by atoms with Gasteiger partial charge in [0.05, 0.1) is 21.3 Å². The largest absolute Gasteiger partial charge is 0.255 e. The Bertz CT molecular complexity index is 1000. The molecule has 0 radical (unpaired) electrons. The van der Waals surface area contributed by atoms with Crippen LogP contribution in [0.2, 0.25) is 10.0 Å². The molecule has 7 heteroatoms. The van der Waals surface area contributed by atoms with E-state index in [0.29, 0.717) is 32.7 Å². The van der Waals surface area contributed by atoms with Gasteiger partial charge in [0.2, 0.25) is 0 Å². The smallest absolute Gasteiger partial charge is 0.184 e. The van der Waals surface area contributed by atoms with E-state index in [-0.39, 0.29) is 0 Å². The minimum Gasteiger partial charge on any atom is -0.255 e. The predicted octanol–water partition coefficient (Wildman–Crippen LogP) is 3.95. The lowest BCUT2D eigenvalue weighted by Gasteiger charge is -2.07. The lowest BCUT2D eigenvalue weighted by atomic mass is 10.2. The van der Waals surface area contributed by atoms with E-state index in [1.54, 1.807) is 24.4 Å². The van der Waals surface area contributed by atoms with Crippen molar-refractivity contribution < 1.29 is 0 Å². The first kappa shape index (κ1) is 13.4. The van der Waals surface area contributed by atoms with Gasteiger partial charge in [-0.25, -0.2) is 9.97 Å². The van der Waals surface area contributed by atoms with Crippen LogP contribution < -0.4 is 0 Å². The highest BCUT2D eigenvalue weighted by Gasteiger charge is 2.19. The Morgan fingerprint density at radius 3 is 2.50 bits per heavy atom. The van der Waals surface area contributed by atoms with Gasteiger partial charge in [-0.05, 0) is 31.2 Å². The quantitative estimate of drug-likeness (QED) is 0.530. The fourth-order valence-electron chi connectivity index (χ4n) is 2.47. The number of aryl methyl sites for hydroxylation is 1. The lowest BCUT2D eigenvalue weighted by Crippen LogP contribution is -1.99. The van der Waals surface area contributed by atoms with Crippen LogP contribution in [0.4, 0.5) is 0 Å². The number of rotatable bonds is 1. The third-order valence-corrected chi connectivity index (χ3v) is 4.07. The van der Waals surface area contributed by atoms with E-state index >= 15 is 0 Å². The first-order valence-corrected chi connectivity index (χ1v) is 7.33. The summed E-state index contributed by atoms with van der Waals surface area (Å²) in [5.74, 6) is 0.555. The first-order valence-electron chi connectivity index (χ1n) is 6.57. The van der Waals surface area contributed by atoms with Crippen LogP contribution in [-0.4, -0.2) is 24.6 Å². The second kappa shape index (κ2) is 4.90. The van der Waals surface area contributed by atoms with E-state index in [1.807, 2.05) is 23.5 Å². The predicted molar refractivity (Wildman–Crippen MR) is 86.3 cm³/mol. The van der Waals surface area contributed by atoms with Crippen LogP contribution in [0.3, 0.4) is 0 Å². The van der Waals surface area contributed by atoms with E-state index in [1.165, 1.54) is 0 Å². The molecule has 0 aliphatic rings. The van der Waals surface area contributed by atoms with Crippen LogP contribution in [-0.2, 0) is 0 Å². The monoisotopic (exact) mass is 329 g/mol. The SMILES string of the molecule is Cc1nc2cccnc2n2c(-c3c(Cl)cccc3Cl)nnc12. The molecular weight excluding hydrogens is 321 g/mol. The van der Waals surface area contributed by atoms with Crippen LogP contribution in [0.25, 0.3) is 28.2 Å². The van der Waals surface area contributed by atoms with Crippen LogP contribution >= 0.6 is 23.2 Å². The molecule has 0 saturated carbocycles. The van der Waals surface area contributed by atoms with Crippen molar-refractivity contribution in [1.29, 1.82) is 0 Å². The van der Waals surface area contributed by atoms with Crippen molar-refractivity contribution in [2.75, 3.05) is 0 Å². The molecule has 0 atom stereocenters. The summed E-state index contributed by atoms with van der Waals surface area (Å²) in [5.41, 5.74) is 3.46. The van der Waals surface area contributed by atoms with Crippen LogP contribution in [0.5, 0.6) is 0 Å². The molecule has 5 nitrogen and oxygen atoms in total. The average Bonchev–Trinajstić information content (AvgIpc) is 2.93. The molecule has 0 bridgehead atoms. The summed E-state index contributed by atoms with van der Waals surface area (Å²) in [6, 6.07) is 9.07. The van der Waals surface area contributed by atoms with Crippen LogP contribution in [0.15, 0.2) is 36.5 Å². The fourth-order valence-corrected chi connectivity index (χ4v) is 3.04. The Labute approximate surface area is 135 Å². The summed E-state index contributed by atoms with van der Waals surface area (Å²) >= 11 is 12.6.